The van der Waals surface area contributed by atoms with Crippen LogP contribution in [0.25, 0.3) is 22.1 Å². The van der Waals surface area contributed by atoms with Crippen molar-refractivity contribution in [2.45, 2.75) is 46.0 Å². The second-order valence-electron chi connectivity index (χ2n) is 13.4. The zero-order valence-electron chi connectivity index (χ0n) is 25.0. The van der Waals surface area contributed by atoms with Gasteiger partial charge in [-0.05, 0) is 101 Å². The summed E-state index contributed by atoms with van der Waals surface area (Å²) in [5, 5.41) is 1.14. The summed E-state index contributed by atoms with van der Waals surface area (Å²) in [5.41, 5.74) is 15.4. The third-order valence-electron chi connectivity index (χ3n) is 9.61. The van der Waals surface area contributed by atoms with Gasteiger partial charge in [0.15, 0.2) is 0 Å². The van der Waals surface area contributed by atoms with Crippen molar-refractivity contribution in [3.8, 4) is 22.6 Å². The van der Waals surface area contributed by atoms with Crippen LogP contribution < -0.4 is 26.2 Å². The fourth-order valence-electron chi connectivity index (χ4n) is 7.21. The first-order valence-electron chi connectivity index (χ1n) is 15.3. The van der Waals surface area contributed by atoms with Gasteiger partial charge in [-0.1, -0.05) is 80.9 Å². The van der Waals surface area contributed by atoms with E-state index in [0.29, 0.717) is 0 Å². The Balaban J connectivity index is 1.39. The van der Waals surface area contributed by atoms with Crippen LogP contribution in [0.4, 0.5) is 17.1 Å². The molecular weight excluding hydrogens is 525 g/mol. The summed E-state index contributed by atoms with van der Waals surface area (Å²) in [6, 6.07) is 35.5. The lowest BCUT2D eigenvalue weighted by molar-refractivity contribution is 0.487. The van der Waals surface area contributed by atoms with Crippen molar-refractivity contribution >= 4 is 51.3 Å². The molecule has 0 fully saturated rings. The Kier molecular flexibility index (Phi) is 5.01. The minimum absolute atomic E-state index is 0.0199. The Bertz CT molecular complexity index is 2120. The van der Waals surface area contributed by atoms with Gasteiger partial charge in [-0.25, -0.2) is 0 Å². The first kappa shape index (κ1) is 24.9. The van der Waals surface area contributed by atoms with Crippen molar-refractivity contribution in [3.05, 3.63) is 119 Å². The number of aryl methyl sites for hydroxylation is 3. The summed E-state index contributed by atoms with van der Waals surface area (Å²) >= 11 is 0. The van der Waals surface area contributed by atoms with Gasteiger partial charge in [0.25, 0.3) is 0 Å². The molecule has 2 aliphatic heterocycles. The van der Waals surface area contributed by atoms with E-state index in [1.54, 1.807) is 0 Å². The molecule has 4 heteroatoms. The highest BCUT2D eigenvalue weighted by atomic mass is 16.5. The molecule has 9 rings (SSSR count). The minimum atomic E-state index is -0.0677. The van der Waals surface area contributed by atoms with Crippen LogP contribution in [0, 0.1) is 6.92 Å². The van der Waals surface area contributed by atoms with E-state index in [0.717, 1.165) is 63.4 Å². The number of hydrogen-bond acceptors (Lipinski definition) is 3. The van der Waals surface area contributed by atoms with Crippen LogP contribution in [0.1, 0.15) is 43.0 Å². The molecule has 43 heavy (non-hydrogen) atoms. The van der Waals surface area contributed by atoms with E-state index in [1.807, 2.05) is 0 Å². The standard InChI is InChI=1S/C39H32BNO2/c1-23-10-17-33-31(18-23)40-36-32(20-27(21-35(36)42-33)24-8-6-5-7-9-24)41(29-15-13-25-11-12-26(25)19-29)37-30-16-14-28(39(2,3)4)22-34(30)43-38(37)40/h5-10,13-22H,11-12H2,1-4H3. The van der Waals surface area contributed by atoms with Crippen LogP contribution in [-0.4, -0.2) is 6.71 Å². The van der Waals surface area contributed by atoms with Gasteiger partial charge in [0.05, 0.1) is 11.3 Å². The highest BCUT2D eigenvalue weighted by molar-refractivity contribution is 6.98. The van der Waals surface area contributed by atoms with Gasteiger partial charge in [0.2, 0.25) is 0 Å². The average molecular weight is 558 g/mol. The van der Waals surface area contributed by atoms with Crippen molar-refractivity contribution in [1.29, 1.82) is 0 Å². The van der Waals surface area contributed by atoms with Crippen LogP contribution in [0.5, 0.6) is 11.5 Å². The second-order valence-corrected chi connectivity index (χ2v) is 13.4. The van der Waals surface area contributed by atoms with Crippen molar-refractivity contribution < 1.29 is 9.15 Å². The van der Waals surface area contributed by atoms with E-state index < -0.39 is 0 Å². The van der Waals surface area contributed by atoms with Crippen molar-refractivity contribution in [2.75, 3.05) is 4.90 Å². The monoisotopic (exact) mass is 557 g/mol. The quantitative estimate of drug-likeness (QED) is 0.200. The van der Waals surface area contributed by atoms with E-state index in [4.69, 9.17) is 9.15 Å². The summed E-state index contributed by atoms with van der Waals surface area (Å²) in [4.78, 5) is 2.45. The van der Waals surface area contributed by atoms with Gasteiger partial charge in [0, 0.05) is 22.2 Å². The maximum Gasteiger partial charge on any atom is 0.301 e. The molecule has 5 aromatic carbocycles. The van der Waals surface area contributed by atoms with E-state index in [2.05, 4.69) is 130 Å². The number of benzene rings is 5. The first-order chi connectivity index (χ1) is 20.8. The summed E-state index contributed by atoms with van der Waals surface area (Å²) in [6.45, 7) is 8.86. The SMILES string of the molecule is Cc1ccc2c(c1)B1c3oc4cc(C(C)(C)C)ccc4c3N(c3ccc4c(c3)CC4)c3cc(-c4ccccc4)cc(c31)O2. The highest BCUT2D eigenvalue weighted by Crippen LogP contribution is 2.47. The van der Waals surface area contributed by atoms with Gasteiger partial charge in [0.1, 0.15) is 17.1 Å². The molecule has 0 amide bonds. The summed E-state index contributed by atoms with van der Waals surface area (Å²) in [6.07, 6.45) is 2.29. The summed E-state index contributed by atoms with van der Waals surface area (Å²) in [7, 11) is 0. The van der Waals surface area contributed by atoms with Gasteiger partial charge < -0.3 is 14.1 Å². The van der Waals surface area contributed by atoms with Crippen LogP contribution in [0.3, 0.4) is 0 Å². The molecule has 0 unspecified atom stereocenters. The zero-order chi connectivity index (χ0) is 29.0. The van der Waals surface area contributed by atoms with Gasteiger partial charge in [-0.15, -0.1) is 0 Å². The molecule has 0 atom stereocenters. The lowest BCUT2D eigenvalue weighted by Gasteiger charge is -2.38. The third-order valence-corrected chi connectivity index (χ3v) is 9.61. The molecule has 0 N–H and O–H groups in total. The Hall–Kier alpha value is -4.70. The number of rotatable bonds is 2. The molecule has 0 saturated heterocycles. The fourth-order valence-corrected chi connectivity index (χ4v) is 7.21. The molecule has 0 spiro atoms. The third kappa shape index (κ3) is 3.62. The molecule has 0 radical (unpaired) electrons. The highest BCUT2D eigenvalue weighted by Gasteiger charge is 2.46. The van der Waals surface area contributed by atoms with Crippen molar-refractivity contribution in [1.82, 2.24) is 0 Å². The number of anilines is 3. The Morgan fingerprint density at radius 1 is 0.744 bits per heavy atom. The molecule has 6 aromatic rings. The molecule has 3 aliphatic rings. The molecular formula is C39H32BNO2. The van der Waals surface area contributed by atoms with Gasteiger partial charge in [-0.3, -0.25) is 0 Å². The van der Waals surface area contributed by atoms with Crippen LogP contribution in [0.2, 0.25) is 0 Å². The van der Waals surface area contributed by atoms with E-state index in [9.17, 15) is 0 Å². The van der Waals surface area contributed by atoms with E-state index in [1.165, 1.54) is 39.0 Å². The van der Waals surface area contributed by atoms with E-state index >= 15 is 0 Å². The smallest absolute Gasteiger partial charge is 0.301 e. The molecule has 208 valence electrons. The Morgan fingerprint density at radius 3 is 2.35 bits per heavy atom. The second kappa shape index (κ2) is 8.67. The Labute approximate surface area is 252 Å². The largest absolute Gasteiger partial charge is 0.468 e. The summed E-state index contributed by atoms with van der Waals surface area (Å²) < 4.78 is 13.8. The van der Waals surface area contributed by atoms with Crippen molar-refractivity contribution in [3.63, 3.8) is 0 Å². The first-order valence-corrected chi connectivity index (χ1v) is 15.3. The van der Waals surface area contributed by atoms with Crippen LogP contribution in [-0.2, 0) is 18.3 Å². The average Bonchev–Trinajstić information content (AvgIpc) is 3.36. The fraction of sp³-hybridized carbons (Fsp3) is 0.179. The van der Waals surface area contributed by atoms with Gasteiger partial charge >= 0.3 is 6.71 Å². The predicted molar refractivity (Wildman–Crippen MR) is 178 cm³/mol. The van der Waals surface area contributed by atoms with Crippen LogP contribution in [0.15, 0.2) is 101 Å². The molecule has 0 saturated carbocycles. The maximum absolute atomic E-state index is 7.01. The normalized spacial score (nSPS) is 14.4. The molecule has 3 heterocycles. The number of furan rings is 1. The topological polar surface area (TPSA) is 25.6 Å². The minimum Gasteiger partial charge on any atom is -0.468 e. The summed E-state index contributed by atoms with van der Waals surface area (Å²) in [5.74, 6) is 1.80. The number of fused-ring (bicyclic) bond motifs is 7. The zero-order valence-corrected chi connectivity index (χ0v) is 25.0. The van der Waals surface area contributed by atoms with Crippen molar-refractivity contribution in [2.24, 2.45) is 0 Å². The van der Waals surface area contributed by atoms with Gasteiger partial charge in [-0.2, -0.15) is 0 Å². The maximum atomic E-state index is 7.01. The molecule has 3 nitrogen and oxygen atoms in total. The lowest BCUT2D eigenvalue weighted by Crippen LogP contribution is -2.59. The molecule has 0 bridgehead atoms. The number of nitrogens with zero attached hydrogens (tertiary/aromatic N) is 1. The lowest BCUT2D eigenvalue weighted by atomic mass is 9.36. The van der Waals surface area contributed by atoms with E-state index in [-0.39, 0.29) is 12.1 Å². The molecule has 1 aliphatic carbocycles. The molecule has 1 aromatic heterocycles. The Morgan fingerprint density at radius 2 is 1.58 bits per heavy atom. The predicted octanol–water partition coefficient (Wildman–Crippen LogP) is 8.21. The van der Waals surface area contributed by atoms with Crippen LogP contribution >= 0.6 is 0 Å². The number of ether oxygens (including phenoxy) is 1. The number of hydrogen-bond donors (Lipinski definition) is 0.